The summed E-state index contributed by atoms with van der Waals surface area (Å²) >= 11 is 5.68. The SMILES string of the molecule is CC(C)(C)OC(=O)NCC(O)C(O)c1cnn(-c2ccc(Cl)nn2)c1. The fourth-order valence-electron chi connectivity index (χ4n) is 1.88. The number of alkyl carbamates (subject to hydrolysis) is 1. The third kappa shape index (κ3) is 5.66. The number of carbonyl (C=O) groups is 1. The molecule has 0 aromatic carbocycles. The molecule has 0 bridgehead atoms. The summed E-state index contributed by atoms with van der Waals surface area (Å²) in [4.78, 5) is 11.6. The lowest BCUT2D eigenvalue weighted by Gasteiger charge is -2.21. The molecule has 2 aromatic rings. The summed E-state index contributed by atoms with van der Waals surface area (Å²) in [6.07, 6.45) is -0.270. The number of rotatable bonds is 5. The zero-order valence-corrected chi connectivity index (χ0v) is 14.8. The molecule has 0 saturated carbocycles. The Balaban J connectivity index is 1.95. The molecule has 0 radical (unpaired) electrons. The molecule has 0 spiro atoms. The fraction of sp³-hybridized carbons (Fsp3) is 0.467. The number of aromatic nitrogens is 4. The van der Waals surface area contributed by atoms with Crippen LogP contribution >= 0.6 is 11.6 Å². The zero-order valence-electron chi connectivity index (χ0n) is 14.0. The molecule has 0 fully saturated rings. The van der Waals surface area contributed by atoms with Crippen molar-refractivity contribution < 1.29 is 19.7 Å². The second-order valence-corrected chi connectivity index (χ2v) is 6.71. The summed E-state index contributed by atoms with van der Waals surface area (Å²) in [5.74, 6) is 0.407. The predicted molar refractivity (Wildman–Crippen MR) is 89.4 cm³/mol. The molecular weight excluding hydrogens is 350 g/mol. The van der Waals surface area contributed by atoms with Crippen molar-refractivity contribution in [1.29, 1.82) is 0 Å². The number of hydrogen-bond acceptors (Lipinski definition) is 7. The maximum Gasteiger partial charge on any atom is 0.407 e. The van der Waals surface area contributed by atoms with Crippen molar-refractivity contribution in [2.75, 3.05) is 6.54 Å². The molecule has 3 N–H and O–H groups in total. The maximum absolute atomic E-state index is 11.6. The van der Waals surface area contributed by atoms with E-state index in [1.807, 2.05) is 0 Å². The van der Waals surface area contributed by atoms with Gasteiger partial charge in [-0.2, -0.15) is 5.10 Å². The number of carbonyl (C=O) groups excluding carboxylic acids is 1. The maximum atomic E-state index is 11.6. The topological polar surface area (TPSA) is 122 Å². The Kier molecular flexibility index (Phi) is 5.93. The summed E-state index contributed by atoms with van der Waals surface area (Å²) in [7, 11) is 0. The summed E-state index contributed by atoms with van der Waals surface area (Å²) < 4.78 is 6.44. The Bertz CT molecular complexity index is 713. The van der Waals surface area contributed by atoms with Crippen LogP contribution in [0.4, 0.5) is 4.79 Å². The normalized spacial score (nSPS) is 14.0. The molecular formula is C15H20ClN5O4. The lowest BCUT2D eigenvalue weighted by molar-refractivity contribution is 0.0129. The van der Waals surface area contributed by atoms with Crippen molar-refractivity contribution in [3.8, 4) is 5.82 Å². The van der Waals surface area contributed by atoms with E-state index in [2.05, 4.69) is 20.6 Å². The number of amides is 1. The minimum absolute atomic E-state index is 0.179. The lowest BCUT2D eigenvalue weighted by atomic mass is 10.1. The van der Waals surface area contributed by atoms with Crippen molar-refractivity contribution in [2.24, 2.45) is 0 Å². The van der Waals surface area contributed by atoms with Gasteiger partial charge in [0.25, 0.3) is 0 Å². The van der Waals surface area contributed by atoms with Gasteiger partial charge in [0, 0.05) is 18.3 Å². The average molecular weight is 370 g/mol. The average Bonchev–Trinajstić information content (AvgIpc) is 3.00. The predicted octanol–water partition coefficient (Wildman–Crippen LogP) is 1.23. The van der Waals surface area contributed by atoms with E-state index in [4.69, 9.17) is 16.3 Å². The summed E-state index contributed by atoms with van der Waals surface area (Å²) in [6.45, 7) is 5.01. The first-order valence-electron chi connectivity index (χ1n) is 7.53. The molecule has 25 heavy (non-hydrogen) atoms. The Morgan fingerprint density at radius 1 is 1.36 bits per heavy atom. The number of aliphatic hydroxyl groups excluding tert-OH is 2. The van der Waals surface area contributed by atoms with Gasteiger partial charge in [0.1, 0.15) is 17.8 Å². The minimum Gasteiger partial charge on any atom is -0.444 e. The van der Waals surface area contributed by atoms with Gasteiger partial charge in [-0.05, 0) is 32.9 Å². The van der Waals surface area contributed by atoms with Crippen molar-refractivity contribution in [3.63, 3.8) is 0 Å². The zero-order chi connectivity index (χ0) is 18.6. The number of aliphatic hydroxyl groups is 2. The van der Waals surface area contributed by atoms with Crippen LogP contribution in [0.1, 0.15) is 32.4 Å². The second-order valence-electron chi connectivity index (χ2n) is 6.33. The van der Waals surface area contributed by atoms with E-state index in [1.54, 1.807) is 32.9 Å². The molecule has 2 rings (SSSR count). The van der Waals surface area contributed by atoms with Crippen molar-refractivity contribution >= 4 is 17.7 Å². The van der Waals surface area contributed by atoms with Crippen LogP contribution in [0.25, 0.3) is 5.82 Å². The molecule has 0 aliphatic heterocycles. The first-order valence-corrected chi connectivity index (χ1v) is 7.90. The van der Waals surface area contributed by atoms with E-state index < -0.39 is 23.9 Å². The number of nitrogens with zero attached hydrogens (tertiary/aromatic N) is 4. The van der Waals surface area contributed by atoms with Gasteiger partial charge in [-0.1, -0.05) is 11.6 Å². The molecule has 2 aromatic heterocycles. The van der Waals surface area contributed by atoms with Gasteiger partial charge in [-0.3, -0.25) is 0 Å². The quantitative estimate of drug-likeness (QED) is 0.724. The molecule has 0 saturated heterocycles. The Morgan fingerprint density at radius 2 is 2.08 bits per heavy atom. The van der Waals surface area contributed by atoms with Gasteiger partial charge in [0.15, 0.2) is 11.0 Å². The van der Waals surface area contributed by atoms with E-state index in [9.17, 15) is 15.0 Å². The van der Waals surface area contributed by atoms with Crippen LogP contribution in [0.15, 0.2) is 24.5 Å². The summed E-state index contributed by atoms with van der Waals surface area (Å²) in [5.41, 5.74) is -0.288. The largest absolute Gasteiger partial charge is 0.444 e. The molecule has 2 unspecified atom stereocenters. The molecule has 1 amide bonds. The van der Waals surface area contributed by atoms with Crippen molar-refractivity contribution in [1.82, 2.24) is 25.3 Å². The van der Waals surface area contributed by atoms with Gasteiger partial charge in [-0.25, -0.2) is 9.48 Å². The lowest BCUT2D eigenvalue weighted by Crippen LogP contribution is -2.38. The highest BCUT2D eigenvalue weighted by atomic mass is 35.5. The van der Waals surface area contributed by atoms with E-state index in [0.717, 1.165) is 0 Å². The molecule has 9 nitrogen and oxygen atoms in total. The van der Waals surface area contributed by atoms with E-state index in [1.165, 1.54) is 17.1 Å². The van der Waals surface area contributed by atoms with Crippen LogP contribution in [0.2, 0.25) is 5.15 Å². The van der Waals surface area contributed by atoms with Crippen LogP contribution in [-0.4, -0.2) is 54.5 Å². The summed E-state index contributed by atoms with van der Waals surface area (Å²) in [6, 6.07) is 3.17. The molecule has 2 heterocycles. The van der Waals surface area contributed by atoms with Crippen LogP contribution in [0.5, 0.6) is 0 Å². The third-order valence-electron chi connectivity index (χ3n) is 3.02. The minimum atomic E-state index is -1.25. The molecule has 0 aliphatic carbocycles. The second kappa shape index (κ2) is 7.77. The van der Waals surface area contributed by atoms with Crippen molar-refractivity contribution in [3.05, 3.63) is 35.2 Å². The number of nitrogens with one attached hydrogen (secondary N) is 1. The highest BCUT2D eigenvalue weighted by Crippen LogP contribution is 2.17. The summed E-state index contributed by atoms with van der Waals surface area (Å²) in [5, 5.41) is 34.5. The van der Waals surface area contributed by atoms with Gasteiger partial charge < -0.3 is 20.3 Å². The smallest absolute Gasteiger partial charge is 0.407 e. The van der Waals surface area contributed by atoms with Gasteiger partial charge >= 0.3 is 6.09 Å². The van der Waals surface area contributed by atoms with Crippen LogP contribution in [0, 0.1) is 0 Å². The molecule has 136 valence electrons. The Hall–Kier alpha value is -2.23. The van der Waals surface area contributed by atoms with Gasteiger partial charge in [0.2, 0.25) is 0 Å². The monoisotopic (exact) mass is 369 g/mol. The Morgan fingerprint density at radius 3 is 2.68 bits per heavy atom. The van der Waals surface area contributed by atoms with E-state index >= 15 is 0 Å². The third-order valence-corrected chi connectivity index (χ3v) is 3.22. The van der Waals surface area contributed by atoms with Crippen LogP contribution in [-0.2, 0) is 4.74 Å². The highest BCUT2D eigenvalue weighted by molar-refractivity contribution is 6.29. The highest BCUT2D eigenvalue weighted by Gasteiger charge is 2.22. The molecule has 0 aliphatic rings. The van der Waals surface area contributed by atoms with Gasteiger partial charge in [-0.15, -0.1) is 10.2 Å². The van der Waals surface area contributed by atoms with E-state index in [0.29, 0.717) is 11.4 Å². The Labute approximate surface area is 149 Å². The van der Waals surface area contributed by atoms with Crippen LogP contribution in [0.3, 0.4) is 0 Å². The van der Waals surface area contributed by atoms with E-state index in [-0.39, 0.29) is 11.7 Å². The van der Waals surface area contributed by atoms with Crippen molar-refractivity contribution in [2.45, 2.75) is 38.6 Å². The molecule has 10 heteroatoms. The fourth-order valence-corrected chi connectivity index (χ4v) is 1.98. The first-order chi connectivity index (χ1) is 11.7. The molecule has 2 atom stereocenters. The standard InChI is InChI=1S/C15H20ClN5O4/c1-15(2,3)25-14(24)17-7-10(22)13(23)9-6-18-21(8-9)12-5-4-11(16)19-20-12/h4-6,8,10,13,22-23H,7H2,1-3H3,(H,17,24). The first kappa shape index (κ1) is 19.1. The van der Waals surface area contributed by atoms with Crippen LogP contribution < -0.4 is 5.32 Å². The number of halogens is 1. The number of hydrogen-bond donors (Lipinski definition) is 3. The van der Waals surface area contributed by atoms with Gasteiger partial charge in [0.05, 0.1) is 6.20 Å². The number of ether oxygens (including phenoxy) is 1.